The number of ether oxygens (including phenoxy) is 2. The number of rotatable bonds is 9. The molecule has 2 rings (SSSR count). The zero-order valence-corrected chi connectivity index (χ0v) is 18.1. The highest BCUT2D eigenvalue weighted by Crippen LogP contribution is 2.23. The summed E-state index contributed by atoms with van der Waals surface area (Å²) in [6.45, 7) is 7.65. The van der Waals surface area contributed by atoms with Gasteiger partial charge in [0.05, 0.1) is 25.9 Å². The average Bonchev–Trinajstić information content (AvgIpc) is 3.25. The normalized spacial score (nSPS) is 20.0. The van der Waals surface area contributed by atoms with Gasteiger partial charge in [0.1, 0.15) is 5.60 Å². The Morgan fingerprint density at radius 2 is 2.36 bits per heavy atom. The van der Waals surface area contributed by atoms with Crippen molar-refractivity contribution in [3.8, 4) is 0 Å². The van der Waals surface area contributed by atoms with Crippen LogP contribution in [0.1, 0.15) is 32.3 Å². The average molecular weight is 483 g/mol. The first kappa shape index (κ1) is 22.6. The van der Waals surface area contributed by atoms with Crippen LogP contribution >= 0.6 is 35.3 Å². The summed E-state index contributed by atoms with van der Waals surface area (Å²) in [7, 11) is 0. The number of nitrogens with one attached hydrogen (secondary N) is 2. The summed E-state index contributed by atoms with van der Waals surface area (Å²) in [5.41, 5.74) is -0.0643. The maximum absolute atomic E-state index is 10.5. The second-order valence-electron chi connectivity index (χ2n) is 6.12. The number of aliphatic imine (C=N–C) groups is 1. The van der Waals surface area contributed by atoms with Crippen molar-refractivity contribution in [3.63, 3.8) is 0 Å². The minimum Gasteiger partial charge on any atom is -0.383 e. The number of aliphatic hydroxyl groups is 1. The standard InChI is InChI=1S/C17H29N3O3S.HI/c1-3-18-16(19-7-9-22-11-15-5-4-8-23-15)20-13-17(2,21)14-6-10-24-12-14;/h6,10,12,15,21H,3-5,7-9,11,13H2,1-2H3,(H2,18,19,20);1H. The number of hydrogen-bond donors (Lipinski definition) is 3. The molecule has 6 nitrogen and oxygen atoms in total. The van der Waals surface area contributed by atoms with E-state index < -0.39 is 5.60 Å². The molecule has 1 aliphatic heterocycles. The second kappa shape index (κ2) is 12.1. The van der Waals surface area contributed by atoms with Gasteiger partial charge in [-0.1, -0.05) is 0 Å². The molecule has 0 radical (unpaired) electrons. The van der Waals surface area contributed by atoms with Crippen LogP contribution in [0.4, 0.5) is 0 Å². The van der Waals surface area contributed by atoms with Crippen molar-refractivity contribution in [1.82, 2.24) is 10.6 Å². The molecule has 0 aromatic carbocycles. The minimum atomic E-state index is -0.960. The summed E-state index contributed by atoms with van der Waals surface area (Å²) in [4.78, 5) is 4.49. The van der Waals surface area contributed by atoms with E-state index in [-0.39, 0.29) is 30.1 Å². The Hall–Kier alpha value is -0.420. The van der Waals surface area contributed by atoms with Gasteiger partial charge in [0, 0.05) is 19.7 Å². The molecular weight excluding hydrogens is 453 g/mol. The molecule has 0 aliphatic carbocycles. The zero-order chi connectivity index (χ0) is 17.3. The minimum absolute atomic E-state index is 0. The molecule has 2 unspecified atom stereocenters. The molecule has 1 aromatic rings. The summed E-state index contributed by atoms with van der Waals surface area (Å²) >= 11 is 1.57. The Bertz CT molecular complexity index is 491. The van der Waals surface area contributed by atoms with Crippen LogP contribution in [0.25, 0.3) is 0 Å². The van der Waals surface area contributed by atoms with E-state index in [1.807, 2.05) is 23.8 Å². The molecule has 1 aliphatic rings. The predicted octanol–water partition coefficient (Wildman–Crippen LogP) is 2.32. The molecule has 1 saturated heterocycles. The number of nitrogens with zero attached hydrogens (tertiary/aromatic N) is 1. The molecule has 144 valence electrons. The van der Waals surface area contributed by atoms with Crippen LogP contribution in [0, 0.1) is 0 Å². The quantitative estimate of drug-likeness (QED) is 0.218. The molecule has 2 atom stereocenters. The Kier molecular flexibility index (Phi) is 10.9. The second-order valence-corrected chi connectivity index (χ2v) is 6.90. The van der Waals surface area contributed by atoms with Crippen LogP contribution in [0.3, 0.4) is 0 Å². The van der Waals surface area contributed by atoms with Crippen molar-refractivity contribution in [2.45, 2.75) is 38.4 Å². The molecule has 25 heavy (non-hydrogen) atoms. The number of halogens is 1. The van der Waals surface area contributed by atoms with Crippen LogP contribution in [-0.4, -0.2) is 56.6 Å². The van der Waals surface area contributed by atoms with E-state index in [4.69, 9.17) is 9.47 Å². The first-order valence-corrected chi connectivity index (χ1v) is 9.52. The van der Waals surface area contributed by atoms with E-state index in [9.17, 15) is 5.11 Å². The lowest BCUT2D eigenvalue weighted by Gasteiger charge is -2.21. The Balaban J connectivity index is 0.00000312. The van der Waals surface area contributed by atoms with Crippen molar-refractivity contribution in [2.75, 3.05) is 39.5 Å². The van der Waals surface area contributed by atoms with Crippen LogP contribution in [0.2, 0.25) is 0 Å². The fraction of sp³-hybridized carbons (Fsp3) is 0.706. The van der Waals surface area contributed by atoms with E-state index in [2.05, 4.69) is 15.6 Å². The molecule has 3 N–H and O–H groups in total. The number of thiophene rings is 1. The fourth-order valence-electron chi connectivity index (χ4n) is 2.47. The highest BCUT2D eigenvalue weighted by Gasteiger charge is 2.23. The largest absolute Gasteiger partial charge is 0.383 e. The highest BCUT2D eigenvalue weighted by molar-refractivity contribution is 14.0. The maximum Gasteiger partial charge on any atom is 0.191 e. The molecule has 0 amide bonds. The Morgan fingerprint density at radius 3 is 3.00 bits per heavy atom. The van der Waals surface area contributed by atoms with Gasteiger partial charge >= 0.3 is 0 Å². The van der Waals surface area contributed by atoms with Crippen LogP contribution in [-0.2, 0) is 15.1 Å². The Morgan fingerprint density at radius 1 is 1.52 bits per heavy atom. The molecule has 0 bridgehead atoms. The summed E-state index contributed by atoms with van der Waals surface area (Å²) in [6.07, 6.45) is 2.48. The smallest absolute Gasteiger partial charge is 0.191 e. The predicted molar refractivity (Wildman–Crippen MR) is 113 cm³/mol. The maximum atomic E-state index is 10.5. The summed E-state index contributed by atoms with van der Waals surface area (Å²) in [5.74, 6) is 0.689. The zero-order valence-electron chi connectivity index (χ0n) is 15.0. The van der Waals surface area contributed by atoms with Gasteiger partial charge in [0.25, 0.3) is 0 Å². The lowest BCUT2D eigenvalue weighted by Crippen LogP contribution is -2.40. The van der Waals surface area contributed by atoms with Gasteiger partial charge in [0.15, 0.2) is 5.96 Å². The van der Waals surface area contributed by atoms with E-state index in [0.29, 0.717) is 32.3 Å². The lowest BCUT2D eigenvalue weighted by atomic mass is 10.00. The Labute approximate surface area is 171 Å². The first-order chi connectivity index (χ1) is 11.6. The van der Waals surface area contributed by atoms with E-state index in [0.717, 1.165) is 31.6 Å². The van der Waals surface area contributed by atoms with Crippen LogP contribution in [0.15, 0.2) is 21.8 Å². The molecule has 2 heterocycles. The van der Waals surface area contributed by atoms with Crippen molar-refractivity contribution in [1.29, 1.82) is 0 Å². The molecule has 8 heteroatoms. The van der Waals surface area contributed by atoms with Crippen LogP contribution in [0.5, 0.6) is 0 Å². The molecule has 1 aromatic heterocycles. The van der Waals surface area contributed by atoms with Crippen molar-refractivity contribution in [3.05, 3.63) is 22.4 Å². The highest BCUT2D eigenvalue weighted by atomic mass is 127. The topological polar surface area (TPSA) is 75.1 Å². The first-order valence-electron chi connectivity index (χ1n) is 8.58. The van der Waals surface area contributed by atoms with Crippen molar-refractivity contribution < 1.29 is 14.6 Å². The van der Waals surface area contributed by atoms with Gasteiger partial charge in [-0.15, -0.1) is 24.0 Å². The van der Waals surface area contributed by atoms with Crippen molar-refractivity contribution in [2.24, 2.45) is 4.99 Å². The summed E-state index contributed by atoms with van der Waals surface area (Å²) in [5, 5.41) is 20.9. The molecule has 1 fully saturated rings. The van der Waals surface area contributed by atoms with Crippen LogP contribution < -0.4 is 10.6 Å². The van der Waals surface area contributed by atoms with Gasteiger partial charge in [-0.3, -0.25) is 0 Å². The van der Waals surface area contributed by atoms with Gasteiger partial charge in [-0.05, 0) is 49.1 Å². The van der Waals surface area contributed by atoms with Gasteiger partial charge < -0.3 is 25.2 Å². The van der Waals surface area contributed by atoms with Gasteiger partial charge in [0.2, 0.25) is 0 Å². The summed E-state index contributed by atoms with van der Waals surface area (Å²) < 4.78 is 11.2. The third kappa shape index (κ3) is 8.21. The lowest BCUT2D eigenvalue weighted by molar-refractivity contribution is 0.0191. The van der Waals surface area contributed by atoms with Gasteiger partial charge in [-0.25, -0.2) is 4.99 Å². The SMILES string of the molecule is CCNC(=NCC(C)(O)c1ccsc1)NCCOCC1CCCO1.I. The van der Waals surface area contributed by atoms with Gasteiger partial charge in [-0.2, -0.15) is 11.3 Å². The van der Waals surface area contributed by atoms with E-state index >= 15 is 0 Å². The van der Waals surface area contributed by atoms with Crippen molar-refractivity contribution >= 4 is 41.3 Å². The monoisotopic (exact) mass is 483 g/mol. The fourth-order valence-corrected chi connectivity index (χ4v) is 3.25. The third-order valence-electron chi connectivity index (χ3n) is 3.90. The molecule has 0 spiro atoms. The number of hydrogen-bond acceptors (Lipinski definition) is 5. The summed E-state index contributed by atoms with van der Waals surface area (Å²) in [6, 6.07) is 1.93. The number of guanidine groups is 1. The molecule has 0 saturated carbocycles. The van der Waals surface area contributed by atoms with E-state index in [1.54, 1.807) is 18.3 Å². The third-order valence-corrected chi connectivity index (χ3v) is 4.58. The van der Waals surface area contributed by atoms with E-state index in [1.165, 1.54) is 0 Å². The molecular formula is C17H30IN3O3S.